The van der Waals surface area contributed by atoms with E-state index < -0.39 is 0 Å². The molecule has 4 rings (SSSR count). The van der Waals surface area contributed by atoms with Crippen molar-refractivity contribution >= 4 is 45.7 Å². The second-order valence-corrected chi connectivity index (χ2v) is 9.56. The largest absolute Gasteiger partial charge is 0.484 e. The van der Waals surface area contributed by atoms with Crippen LogP contribution in [0.3, 0.4) is 0 Å². The summed E-state index contributed by atoms with van der Waals surface area (Å²) in [6.45, 7) is 4.38. The molecule has 0 radical (unpaired) electrons. The number of para-hydroxylation sites is 1. The van der Waals surface area contributed by atoms with Crippen molar-refractivity contribution < 1.29 is 9.53 Å². The molecule has 0 unspecified atom stereocenters. The highest BCUT2D eigenvalue weighted by atomic mass is 35.5. The fourth-order valence-electron chi connectivity index (χ4n) is 2.95. The summed E-state index contributed by atoms with van der Waals surface area (Å²) in [7, 11) is 1.84. The fourth-order valence-corrected chi connectivity index (χ4v) is 4.61. The quantitative estimate of drug-likeness (QED) is 0.321. The smallest absolute Gasteiger partial charge is 0.236 e. The maximum atomic E-state index is 12.4. The summed E-state index contributed by atoms with van der Waals surface area (Å²) >= 11 is 8.82. The predicted octanol–water partition coefficient (Wildman–Crippen LogP) is 5.52. The molecule has 0 fully saturated rings. The van der Waals surface area contributed by atoms with Gasteiger partial charge in [0.1, 0.15) is 12.4 Å². The molecule has 2 aromatic carbocycles. The van der Waals surface area contributed by atoms with E-state index in [1.54, 1.807) is 16.7 Å². The zero-order valence-electron chi connectivity index (χ0n) is 18.3. The van der Waals surface area contributed by atoms with Crippen LogP contribution in [0.2, 0.25) is 5.02 Å². The summed E-state index contributed by atoms with van der Waals surface area (Å²) in [6, 6.07) is 13.5. The molecule has 7 nitrogen and oxygen atoms in total. The van der Waals surface area contributed by atoms with Gasteiger partial charge in [-0.3, -0.25) is 4.79 Å². The summed E-state index contributed by atoms with van der Waals surface area (Å²) in [4.78, 5) is 17.0. The molecule has 4 aromatic rings. The van der Waals surface area contributed by atoms with Crippen LogP contribution in [0.1, 0.15) is 17.0 Å². The highest BCUT2D eigenvalue weighted by Gasteiger charge is 2.14. The Balaban J connectivity index is 1.31. The molecule has 0 bridgehead atoms. The van der Waals surface area contributed by atoms with Crippen LogP contribution in [0, 0.1) is 13.8 Å². The third kappa shape index (κ3) is 5.73. The van der Waals surface area contributed by atoms with Gasteiger partial charge in [0.15, 0.2) is 16.1 Å². The molecule has 2 aromatic heterocycles. The van der Waals surface area contributed by atoms with Gasteiger partial charge in [0, 0.05) is 18.0 Å². The van der Waals surface area contributed by atoms with Crippen LogP contribution in [0.4, 0.5) is 5.13 Å². The number of hydrogen-bond acceptors (Lipinski definition) is 7. The van der Waals surface area contributed by atoms with Gasteiger partial charge in [-0.15, -0.1) is 21.5 Å². The van der Waals surface area contributed by atoms with Gasteiger partial charge in [-0.1, -0.05) is 47.6 Å². The Hall–Kier alpha value is -2.88. The molecule has 2 heterocycles. The molecule has 0 aliphatic rings. The third-order valence-electron chi connectivity index (χ3n) is 5.00. The van der Waals surface area contributed by atoms with Crippen molar-refractivity contribution in [3.8, 4) is 17.0 Å². The Morgan fingerprint density at radius 3 is 2.79 bits per heavy atom. The number of carbonyl (C=O) groups excluding carboxylic acids is 1. The molecular weight excluding hydrogens is 478 g/mol. The average Bonchev–Trinajstić information content (AvgIpc) is 3.40. The van der Waals surface area contributed by atoms with Gasteiger partial charge in [-0.2, -0.15) is 0 Å². The topological polar surface area (TPSA) is 81.9 Å². The van der Waals surface area contributed by atoms with Crippen molar-refractivity contribution in [3.63, 3.8) is 0 Å². The number of aryl methyl sites for hydroxylation is 2. The van der Waals surface area contributed by atoms with E-state index in [2.05, 4.69) is 46.5 Å². The van der Waals surface area contributed by atoms with E-state index in [0.29, 0.717) is 26.9 Å². The minimum absolute atomic E-state index is 0.155. The lowest BCUT2D eigenvalue weighted by atomic mass is 10.1. The van der Waals surface area contributed by atoms with Gasteiger partial charge in [0.25, 0.3) is 0 Å². The standard InChI is InChI=1S/C23H22ClN5O2S2/c1-14-8-9-16(10-15(14)2)18-12-32-22(25-18)26-21(30)13-33-23-28-27-20(29(23)3)11-31-19-7-5-4-6-17(19)24/h4-10,12H,11,13H2,1-3H3,(H,25,26,30). The van der Waals surface area contributed by atoms with Crippen molar-refractivity contribution in [1.82, 2.24) is 19.7 Å². The molecule has 170 valence electrons. The third-order valence-corrected chi connectivity index (χ3v) is 7.09. The number of nitrogens with one attached hydrogen (secondary N) is 1. The first-order valence-corrected chi connectivity index (χ1v) is 12.4. The van der Waals surface area contributed by atoms with Crippen molar-refractivity contribution in [2.24, 2.45) is 7.05 Å². The van der Waals surface area contributed by atoms with Crippen molar-refractivity contribution in [2.75, 3.05) is 11.1 Å². The Morgan fingerprint density at radius 2 is 2.00 bits per heavy atom. The Bertz CT molecular complexity index is 1290. The molecule has 1 N–H and O–H groups in total. The Kier molecular flexibility index (Phi) is 7.32. The summed E-state index contributed by atoms with van der Waals surface area (Å²) in [6.07, 6.45) is 0. The van der Waals surface area contributed by atoms with Crippen LogP contribution < -0.4 is 10.1 Å². The Morgan fingerprint density at radius 1 is 1.18 bits per heavy atom. The highest BCUT2D eigenvalue weighted by Crippen LogP contribution is 2.27. The number of carbonyl (C=O) groups is 1. The number of amides is 1. The average molecular weight is 500 g/mol. The second-order valence-electron chi connectivity index (χ2n) is 7.35. The minimum atomic E-state index is -0.155. The maximum absolute atomic E-state index is 12.4. The predicted molar refractivity (Wildman–Crippen MR) is 133 cm³/mol. The molecular formula is C23H22ClN5O2S2. The number of benzene rings is 2. The van der Waals surface area contributed by atoms with Crippen LogP contribution in [0.25, 0.3) is 11.3 Å². The van der Waals surface area contributed by atoms with Gasteiger partial charge < -0.3 is 14.6 Å². The van der Waals surface area contributed by atoms with Gasteiger partial charge in [-0.05, 0) is 43.2 Å². The first kappa shape index (κ1) is 23.3. The zero-order chi connectivity index (χ0) is 23.4. The summed E-state index contributed by atoms with van der Waals surface area (Å²) in [5.41, 5.74) is 4.34. The molecule has 0 aliphatic heterocycles. The van der Waals surface area contributed by atoms with Gasteiger partial charge in [0.2, 0.25) is 5.91 Å². The molecule has 33 heavy (non-hydrogen) atoms. The molecule has 0 spiro atoms. The molecule has 0 aliphatic carbocycles. The van der Waals surface area contributed by atoms with E-state index in [0.717, 1.165) is 11.3 Å². The van der Waals surface area contributed by atoms with Crippen LogP contribution in [0.15, 0.2) is 53.0 Å². The van der Waals surface area contributed by atoms with E-state index in [-0.39, 0.29) is 18.3 Å². The van der Waals surface area contributed by atoms with Crippen LogP contribution in [0.5, 0.6) is 5.75 Å². The van der Waals surface area contributed by atoms with Crippen LogP contribution in [-0.4, -0.2) is 31.4 Å². The molecule has 0 atom stereocenters. The zero-order valence-corrected chi connectivity index (χ0v) is 20.7. The van der Waals surface area contributed by atoms with Crippen LogP contribution >= 0.6 is 34.7 Å². The van der Waals surface area contributed by atoms with E-state index >= 15 is 0 Å². The summed E-state index contributed by atoms with van der Waals surface area (Å²) < 4.78 is 7.53. The molecule has 0 saturated carbocycles. The first-order chi connectivity index (χ1) is 15.9. The number of anilines is 1. The van der Waals surface area contributed by atoms with E-state index in [9.17, 15) is 4.79 Å². The van der Waals surface area contributed by atoms with E-state index in [1.165, 1.54) is 34.2 Å². The van der Waals surface area contributed by atoms with E-state index in [1.807, 2.05) is 30.6 Å². The SMILES string of the molecule is Cc1ccc(-c2csc(NC(=O)CSc3nnc(COc4ccccc4Cl)n3C)n2)cc1C. The normalized spacial score (nSPS) is 10.9. The van der Waals surface area contributed by atoms with Gasteiger partial charge in [0.05, 0.1) is 16.5 Å². The molecule has 0 saturated heterocycles. The van der Waals surface area contributed by atoms with Crippen molar-refractivity contribution in [2.45, 2.75) is 25.6 Å². The number of hydrogen-bond donors (Lipinski definition) is 1. The number of nitrogens with zero attached hydrogens (tertiary/aromatic N) is 4. The lowest BCUT2D eigenvalue weighted by Crippen LogP contribution is -2.14. The highest BCUT2D eigenvalue weighted by molar-refractivity contribution is 7.99. The van der Waals surface area contributed by atoms with Gasteiger partial charge in [-0.25, -0.2) is 4.98 Å². The molecule has 1 amide bonds. The lowest BCUT2D eigenvalue weighted by molar-refractivity contribution is -0.113. The summed E-state index contributed by atoms with van der Waals surface area (Å²) in [5, 5.41) is 14.8. The first-order valence-electron chi connectivity index (χ1n) is 10.1. The monoisotopic (exact) mass is 499 g/mol. The lowest BCUT2D eigenvalue weighted by Gasteiger charge is -2.07. The number of halogens is 1. The van der Waals surface area contributed by atoms with Crippen molar-refractivity contribution in [1.29, 1.82) is 0 Å². The van der Waals surface area contributed by atoms with Crippen molar-refractivity contribution in [3.05, 3.63) is 69.8 Å². The van der Waals surface area contributed by atoms with Gasteiger partial charge >= 0.3 is 0 Å². The fraction of sp³-hybridized carbons (Fsp3) is 0.217. The number of aromatic nitrogens is 4. The van der Waals surface area contributed by atoms with E-state index in [4.69, 9.17) is 16.3 Å². The molecule has 10 heteroatoms. The minimum Gasteiger partial charge on any atom is -0.484 e. The number of rotatable bonds is 8. The maximum Gasteiger partial charge on any atom is 0.236 e. The number of thioether (sulfide) groups is 1. The Labute approximate surface area is 205 Å². The summed E-state index contributed by atoms with van der Waals surface area (Å²) in [5.74, 6) is 1.25. The second kappa shape index (κ2) is 10.4. The number of thiazole rings is 1. The van der Waals surface area contributed by atoms with Crippen LogP contribution in [-0.2, 0) is 18.4 Å². The number of ether oxygens (including phenoxy) is 1.